The first kappa shape index (κ1) is 20.6. The summed E-state index contributed by atoms with van der Waals surface area (Å²) in [6.45, 7) is 4.16. The molecule has 1 saturated carbocycles. The van der Waals surface area contributed by atoms with Crippen LogP contribution < -0.4 is 11.1 Å². The lowest BCUT2D eigenvalue weighted by Crippen LogP contribution is -2.33. The second-order valence-corrected chi connectivity index (χ2v) is 8.56. The van der Waals surface area contributed by atoms with Crippen molar-refractivity contribution in [2.24, 2.45) is 27.8 Å². The molecule has 0 saturated heterocycles. The minimum absolute atomic E-state index is 0.160. The summed E-state index contributed by atoms with van der Waals surface area (Å²) in [6.07, 6.45) is 11.7. The summed E-state index contributed by atoms with van der Waals surface area (Å²) in [5.41, 5.74) is 9.11. The summed E-state index contributed by atoms with van der Waals surface area (Å²) in [4.78, 5) is 17.3. The van der Waals surface area contributed by atoms with Crippen molar-refractivity contribution >= 4 is 11.6 Å². The van der Waals surface area contributed by atoms with Crippen LogP contribution in [0.4, 0.5) is 10.1 Å². The summed E-state index contributed by atoms with van der Waals surface area (Å²) in [5.74, 6) is -0.366. The molecule has 1 amide bonds. The van der Waals surface area contributed by atoms with E-state index >= 15 is 0 Å². The van der Waals surface area contributed by atoms with Crippen LogP contribution in [0.3, 0.4) is 0 Å². The molecule has 0 radical (unpaired) electrons. The number of azo groups is 1. The van der Waals surface area contributed by atoms with Crippen molar-refractivity contribution in [2.45, 2.75) is 57.5 Å². The van der Waals surface area contributed by atoms with Crippen LogP contribution in [0.5, 0.6) is 0 Å². The number of nitrogens with two attached hydrogens (primary N) is 1. The van der Waals surface area contributed by atoms with Gasteiger partial charge in [0.15, 0.2) is 0 Å². The van der Waals surface area contributed by atoms with E-state index in [9.17, 15) is 9.18 Å². The second-order valence-electron chi connectivity index (χ2n) is 8.56. The molecular weight excluding hydrogens is 381 g/mol. The minimum atomic E-state index is -0.645. The first-order valence-electron chi connectivity index (χ1n) is 10.7. The van der Waals surface area contributed by atoms with Crippen LogP contribution in [0.1, 0.15) is 51.0 Å². The maximum absolute atomic E-state index is 14.4. The zero-order chi connectivity index (χ0) is 21.3. The van der Waals surface area contributed by atoms with Crippen molar-refractivity contribution in [3.05, 3.63) is 59.3 Å². The number of pyridine rings is 1. The van der Waals surface area contributed by atoms with Gasteiger partial charge in [0.1, 0.15) is 11.9 Å². The van der Waals surface area contributed by atoms with Crippen LogP contribution in [-0.2, 0) is 4.79 Å². The molecular formula is C23H28FN5O. The first-order chi connectivity index (χ1) is 14.5. The number of anilines is 1. The number of fused-ring (bicyclic) bond motifs is 1. The van der Waals surface area contributed by atoms with Crippen molar-refractivity contribution in [2.75, 3.05) is 5.32 Å². The van der Waals surface area contributed by atoms with E-state index in [1.54, 1.807) is 18.5 Å². The zero-order valence-corrected chi connectivity index (χ0v) is 17.4. The van der Waals surface area contributed by atoms with Crippen molar-refractivity contribution in [3.63, 3.8) is 0 Å². The normalized spacial score (nSPS) is 30.7. The summed E-state index contributed by atoms with van der Waals surface area (Å²) in [7, 11) is 0. The lowest BCUT2D eigenvalue weighted by Gasteiger charge is -2.32. The third-order valence-electron chi connectivity index (χ3n) is 6.23. The topological polar surface area (TPSA) is 92.7 Å². The van der Waals surface area contributed by atoms with Gasteiger partial charge in [-0.15, -0.1) is 0 Å². The highest BCUT2D eigenvalue weighted by Gasteiger charge is 2.36. The Labute approximate surface area is 176 Å². The lowest BCUT2D eigenvalue weighted by molar-refractivity contribution is -0.113. The molecule has 3 N–H and O–H groups in total. The summed E-state index contributed by atoms with van der Waals surface area (Å²) < 4.78 is 14.4. The van der Waals surface area contributed by atoms with Crippen LogP contribution in [0.15, 0.2) is 64.0 Å². The van der Waals surface area contributed by atoms with E-state index in [0.717, 1.165) is 30.5 Å². The standard InChI is InChI=1S/C23H28FN5O/c1-3-16-11-19-20(24)5-4-18(22(19)29-28-16)23(30)27-21-12-26-7-6-17(21)14-8-13(2)9-15(25)10-14/h4-7,11-15,19,22H,3,8-10,25H2,1-2H3,(H,27,30)/t13-,14+,15-,19?,22?/m0/s1. The minimum Gasteiger partial charge on any atom is -0.328 e. The Kier molecular flexibility index (Phi) is 5.90. The highest BCUT2D eigenvalue weighted by molar-refractivity contribution is 6.05. The van der Waals surface area contributed by atoms with Crippen LogP contribution in [0, 0.1) is 11.8 Å². The van der Waals surface area contributed by atoms with Crippen LogP contribution >= 0.6 is 0 Å². The number of aromatic nitrogens is 1. The fraction of sp³-hybridized carbons (Fsp3) is 0.478. The smallest absolute Gasteiger partial charge is 0.253 e. The Balaban J connectivity index is 1.57. The van der Waals surface area contributed by atoms with E-state index < -0.39 is 12.0 Å². The van der Waals surface area contributed by atoms with Crippen molar-refractivity contribution in [3.8, 4) is 0 Å². The maximum atomic E-state index is 14.4. The predicted molar refractivity (Wildman–Crippen MR) is 114 cm³/mol. The van der Waals surface area contributed by atoms with Gasteiger partial charge >= 0.3 is 0 Å². The molecule has 5 atom stereocenters. The number of amides is 1. The first-order valence-corrected chi connectivity index (χ1v) is 10.7. The van der Waals surface area contributed by atoms with Gasteiger partial charge in [-0.2, -0.15) is 10.2 Å². The fourth-order valence-corrected chi connectivity index (χ4v) is 4.77. The highest BCUT2D eigenvalue weighted by Crippen LogP contribution is 2.39. The zero-order valence-electron chi connectivity index (χ0n) is 17.4. The number of nitrogens with zero attached hydrogens (tertiary/aromatic N) is 3. The number of allylic oxidation sites excluding steroid dienone is 3. The third kappa shape index (κ3) is 4.12. The summed E-state index contributed by atoms with van der Waals surface area (Å²) >= 11 is 0. The molecule has 0 aromatic carbocycles. The van der Waals surface area contributed by atoms with Gasteiger partial charge < -0.3 is 11.1 Å². The average Bonchev–Trinajstić information content (AvgIpc) is 2.73. The van der Waals surface area contributed by atoms with Gasteiger partial charge in [-0.25, -0.2) is 4.39 Å². The third-order valence-corrected chi connectivity index (χ3v) is 6.23. The van der Waals surface area contributed by atoms with Gasteiger partial charge in [-0.1, -0.05) is 13.8 Å². The van der Waals surface area contributed by atoms with Gasteiger partial charge in [0, 0.05) is 17.8 Å². The molecule has 7 heteroatoms. The van der Waals surface area contributed by atoms with Crippen LogP contribution in [-0.4, -0.2) is 23.0 Å². The number of carbonyl (C=O) groups is 1. The van der Waals surface area contributed by atoms with Gasteiger partial charge in [0.25, 0.3) is 5.91 Å². The molecule has 2 heterocycles. The van der Waals surface area contributed by atoms with E-state index in [-0.39, 0.29) is 23.7 Å². The molecule has 1 fully saturated rings. The number of hydrogen-bond donors (Lipinski definition) is 2. The monoisotopic (exact) mass is 409 g/mol. The number of carbonyl (C=O) groups excluding carboxylic acids is 1. The van der Waals surface area contributed by atoms with Gasteiger partial charge in [-0.05, 0) is 67.4 Å². The molecule has 1 aromatic heterocycles. The predicted octanol–water partition coefficient (Wildman–Crippen LogP) is 4.79. The Bertz CT molecular complexity index is 941. The number of hydrogen-bond acceptors (Lipinski definition) is 5. The Morgan fingerprint density at radius 1 is 1.30 bits per heavy atom. The van der Waals surface area contributed by atoms with E-state index in [1.807, 2.05) is 13.0 Å². The second kappa shape index (κ2) is 8.60. The van der Waals surface area contributed by atoms with E-state index in [0.29, 0.717) is 23.6 Å². The van der Waals surface area contributed by atoms with Gasteiger partial charge in [0.2, 0.25) is 0 Å². The van der Waals surface area contributed by atoms with Crippen LogP contribution in [0.2, 0.25) is 0 Å². The molecule has 0 bridgehead atoms. The van der Waals surface area contributed by atoms with Gasteiger partial charge in [0.05, 0.1) is 23.5 Å². The van der Waals surface area contributed by atoms with E-state index in [4.69, 9.17) is 5.73 Å². The van der Waals surface area contributed by atoms with Crippen LogP contribution in [0.25, 0.3) is 0 Å². The Morgan fingerprint density at radius 3 is 2.90 bits per heavy atom. The number of rotatable bonds is 4. The molecule has 1 aromatic rings. The fourth-order valence-electron chi connectivity index (χ4n) is 4.77. The SMILES string of the molecule is CCC1=CC2C(F)=CC=C(C(=O)Nc3cnccc3[C@@H]3C[C@H](C)C[C@H](N)C3)C2N=N1. The number of nitrogens with one attached hydrogen (secondary N) is 1. The van der Waals surface area contributed by atoms with E-state index in [2.05, 4.69) is 27.5 Å². The molecule has 158 valence electrons. The number of halogens is 1. The molecule has 3 aliphatic rings. The molecule has 2 aliphatic carbocycles. The van der Waals surface area contributed by atoms with E-state index in [1.165, 1.54) is 12.2 Å². The Hall–Kier alpha value is -2.67. The average molecular weight is 410 g/mol. The molecule has 0 spiro atoms. The molecule has 2 unspecified atom stereocenters. The highest BCUT2D eigenvalue weighted by atomic mass is 19.1. The molecule has 6 nitrogen and oxygen atoms in total. The largest absolute Gasteiger partial charge is 0.328 e. The Morgan fingerprint density at radius 2 is 2.13 bits per heavy atom. The van der Waals surface area contributed by atoms with Crippen molar-refractivity contribution in [1.29, 1.82) is 0 Å². The van der Waals surface area contributed by atoms with Crippen molar-refractivity contribution < 1.29 is 9.18 Å². The van der Waals surface area contributed by atoms with Gasteiger partial charge in [-0.3, -0.25) is 9.78 Å². The quantitative estimate of drug-likeness (QED) is 0.749. The molecule has 1 aliphatic heterocycles. The lowest BCUT2D eigenvalue weighted by atomic mass is 9.76. The molecule has 30 heavy (non-hydrogen) atoms. The van der Waals surface area contributed by atoms with Crippen molar-refractivity contribution in [1.82, 2.24) is 4.98 Å². The summed E-state index contributed by atoms with van der Waals surface area (Å²) in [5, 5.41) is 11.4. The summed E-state index contributed by atoms with van der Waals surface area (Å²) in [6, 6.07) is 1.47. The maximum Gasteiger partial charge on any atom is 0.253 e. The molecule has 4 rings (SSSR count).